The molecule has 1 heterocycles. The standard InChI is InChI=1S/C16H27NO3/c1-4-12(11(2)3)8-14(18)17-9-13-6-5-7-16(13,10-17)15(19)20/h11-13H,4-10H2,1-3H3,(H,19,20)/t12?,13-,16+/m0/s1. The van der Waals surface area contributed by atoms with Gasteiger partial charge in [-0.2, -0.15) is 0 Å². The number of aliphatic carboxylic acids is 1. The molecule has 0 spiro atoms. The third-order valence-corrected chi connectivity index (χ3v) is 5.55. The summed E-state index contributed by atoms with van der Waals surface area (Å²) in [7, 11) is 0. The van der Waals surface area contributed by atoms with Crippen molar-refractivity contribution in [1.82, 2.24) is 4.90 Å². The number of carboxylic acids is 1. The molecule has 1 saturated carbocycles. The molecule has 1 amide bonds. The monoisotopic (exact) mass is 281 g/mol. The molecule has 2 aliphatic rings. The van der Waals surface area contributed by atoms with E-state index in [0.717, 1.165) is 25.7 Å². The van der Waals surface area contributed by atoms with Crippen LogP contribution in [0, 0.1) is 23.2 Å². The van der Waals surface area contributed by atoms with Crippen molar-refractivity contribution in [3.8, 4) is 0 Å². The van der Waals surface area contributed by atoms with Crippen LogP contribution in [0.4, 0.5) is 0 Å². The molecule has 2 rings (SSSR count). The largest absolute Gasteiger partial charge is 0.481 e. The Morgan fingerprint density at radius 2 is 2.10 bits per heavy atom. The summed E-state index contributed by atoms with van der Waals surface area (Å²) in [5, 5.41) is 9.55. The van der Waals surface area contributed by atoms with Crippen molar-refractivity contribution in [3.63, 3.8) is 0 Å². The van der Waals surface area contributed by atoms with Crippen molar-refractivity contribution >= 4 is 11.9 Å². The van der Waals surface area contributed by atoms with Gasteiger partial charge in [0.2, 0.25) is 5.91 Å². The number of amides is 1. The Kier molecular flexibility index (Phi) is 4.40. The molecule has 4 nitrogen and oxygen atoms in total. The lowest BCUT2D eigenvalue weighted by Gasteiger charge is -2.25. The molecule has 2 fully saturated rings. The van der Waals surface area contributed by atoms with Gasteiger partial charge >= 0.3 is 5.97 Å². The van der Waals surface area contributed by atoms with Crippen LogP contribution in [-0.2, 0) is 9.59 Å². The molecule has 0 aromatic heterocycles. The summed E-state index contributed by atoms with van der Waals surface area (Å²) in [5.74, 6) is 0.526. The summed E-state index contributed by atoms with van der Waals surface area (Å²) in [6, 6.07) is 0. The van der Waals surface area contributed by atoms with E-state index in [4.69, 9.17) is 0 Å². The Hall–Kier alpha value is -1.06. The van der Waals surface area contributed by atoms with Crippen LogP contribution >= 0.6 is 0 Å². The summed E-state index contributed by atoms with van der Waals surface area (Å²) in [6.45, 7) is 7.51. The van der Waals surface area contributed by atoms with Gasteiger partial charge in [0.1, 0.15) is 0 Å². The highest BCUT2D eigenvalue weighted by Gasteiger charge is 2.55. The predicted molar refractivity (Wildman–Crippen MR) is 77.2 cm³/mol. The van der Waals surface area contributed by atoms with Gasteiger partial charge in [-0.1, -0.05) is 33.6 Å². The van der Waals surface area contributed by atoms with Crippen LogP contribution in [0.3, 0.4) is 0 Å². The summed E-state index contributed by atoms with van der Waals surface area (Å²) in [4.78, 5) is 25.9. The summed E-state index contributed by atoms with van der Waals surface area (Å²) >= 11 is 0. The number of rotatable bonds is 5. The fourth-order valence-corrected chi connectivity index (χ4v) is 4.03. The second-order valence-corrected chi connectivity index (χ2v) is 6.94. The highest BCUT2D eigenvalue weighted by Crippen LogP contribution is 2.49. The number of carboxylic acid groups (broad SMARTS) is 1. The Morgan fingerprint density at radius 1 is 1.40 bits per heavy atom. The maximum absolute atomic E-state index is 12.4. The van der Waals surface area contributed by atoms with Crippen LogP contribution in [0.5, 0.6) is 0 Å². The molecule has 0 radical (unpaired) electrons. The predicted octanol–water partition coefficient (Wildman–Crippen LogP) is 2.77. The molecule has 4 heteroatoms. The van der Waals surface area contributed by atoms with E-state index in [9.17, 15) is 14.7 Å². The molecule has 0 aromatic carbocycles. The number of carbonyl (C=O) groups excluding carboxylic acids is 1. The zero-order valence-electron chi connectivity index (χ0n) is 12.9. The van der Waals surface area contributed by atoms with Crippen molar-refractivity contribution in [1.29, 1.82) is 0 Å². The lowest BCUT2D eigenvalue weighted by Crippen LogP contribution is -2.37. The first kappa shape index (κ1) is 15.3. The first-order valence-electron chi connectivity index (χ1n) is 7.92. The van der Waals surface area contributed by atoms with E-state index >= 15 is 0 Å². The molecular formula is C16H27NO3. The number of nitrogens with zero attached hydrogens (tertiary/aromatic N) is 1. The van der Waals surface area contributed by atoms with Gasteiger partial charge in [-0.05, 0) is 30.6 Å². The fraction of sp³-hybridized carbons (Fsp3) is 0.875. The van der Waals surface area contributed by atoms with Crippen LogP contribution in [-0.4, -0.2) is 35.0 Å². The minimum Gasteiger partial charge on any atom is -0.481 e. The normalized spacial score (nSPS) is 30.6. The first-order chi connectivity index (χ1) is 9.40. The van der Waals surface area contributed by atoms with E-state index in [0.29, 0.717) is 31.3 Å². The van der Waals surface area contributed by atoms with E-state index in [-0.39, 0.29) is 11.8 Å². The van der Waals surface area contributed by atoms with Crippen molar-refractivity contribution in [2.75, 3.05) is 13.1 Å². The lowest BCUT2D eigenvalue weighted by atomic mass is 9.81. The molecule has 114 valence electrons. The Morgan fingerprint density at radius 3 is 2.60 bits per heavy atom. The topological polar surface area (TPSA) is 57.6 Å². The Balaban J connectivity index is 2.02. The lowest BCUT2D eigenvalue weighted by molar-refractivity contribution is -0.149. The fourth-order valence-electron chi connectivity index (χ4n) is 4.03. The highest BCUT2D eigenvalue weighted by atomic mass is 16.4. The second-order valence-electron chi connectivity index (χ2n) is 6.94. The van der Waals surface area contributed by atoms with Crippen LogP contribution in [0.25, 0.3) is 0 Å². The van der Waals surface area contributed by atoms with Gasteiger partial charge in [0.05, 0.1) is 5.41 Å². The third kappa shape index (κ3) is 2.57. The molecule has 1 aliphatic carbocycles. The van der Waals surface area contributed by atoms with Crippen molar-refractivity contribution in [2.24, 2.45) is 23.2 Å². The van der Waals surface area contributed by atoms with Gasteiger partial charge in [-0.3, -0.25) is 9.59 Å². The number of fused-ring (bicyclic) bond motifs is 1. The number of hydrogen-bond donors (Lipinski definition) is 1. The maximum Gasteiger partial charge on any atom is 0.311 e. The molecule has 20 heavy (non-hydrogen) atoms. The number of carbonyl (C=O) groups is 2. The Bertz CT molecular complexity index is 393. The average molecular weight is 281 g/mol. The van der Waals surface area contributed by atoms with E-state index in [2.05, 4.69) is 20.8 Å². The molecule has 3 atom stereocenters. The number of likely N-dealkylation sites (tertiary alicyclic amines) is 1. The zero-order chi connectivity index (χ0) is 14.9. The van der Waals surface area contributed by atoms with Crippen LogP contribution in [0.2, 0.25) is 0 Å². The highest BCUT2D eigenvalue weighted by molar-refractivity contribution is 5.81. The van der Waals surface area contributed by atoms with Crippen molar-refractivity contribution in [2.45, 2.75) is 52.9 Å². The molecule has 1 saturated heterocycles. The summed E-state index contributed by atoms with van der Waals surface area (Å²) in [5.41, 5.74) is -0.644. The van der Waals surface area contributed by atoms with Gasteiger partial charge in [-0.25, -0.2) is 0 Å². The maximum atomic E-state index is 12.4. The van der Waals surface area contributed by atoms with Gasteiger partial charge in [0, 0.05) is 19.5 Å². The van der Waals surface area contributed by atoms with Gasteiger partial charge in [0.25, 0.3) is 0 Å². The summed E-state index contributed by atoms with van der Waals surface area (Å²) < 4.78 is 0. The van der Waals surface area contributed by atoms with E-state index < -0.39 is 11.4 Å². The van der Waals surface area contributed by atoms with Gasteiger partial charge in [-0.15, -0.1) is 0 Å². The quantitative estimate of drug-likeness (QED) is 0.843. The zero-order valence-corrected chi connectivity index (χ0v) is 12.9. The average Bonchev–Trinajstić information content (AvgIpc) is 2.92. The molecule has 1 N–H and O–H groups in total. The summed E-state index contributed by atoms with van der Waals surface area (Å²) in [6.07, 6.45) is 4.25. The van der Waals surface area contributed by atoms with Gasteiger partial charge < -0.3 is 10.0 Å². The molecule has 0 bridgehead atoms. The minimum absolute atomic E-state index is 0.153. The van der Waals surface area contributed by atoms with Gasteiger partial charge in [0.15, 0.2) is 0 Å². The SMILES string of the molecule is CCC(CC(=O)N1C[C@@H]2CCC[C@@]2(C(=O)O)C1)C(C)C. The van der Waals surface area contributed by atoms with E-state index in [1.807, 2.05) is 4.90 Å². The third-order valence-electron chi connectivity index (χ3n) is 5.55. The minimum atomic E-state index is -0.703. The van der Waals surface area contributed by atoms with E-state index in [1.165, 1.54) is 0 Å². The molecule has 1 unspecified atom stereocenters. The molecular weight excluding hydrogens is 254 g/mol. The number of hydrogen-bond acceptors (Lipinski definition) is 2. The van der Waals surface area contributed by atoms with Crippen molar-refractivity contribution in [3.05, 3.63) is 0 Å². The van der Waals surface area contributed by atoms with Crippen molar-refractivity contribution < 1.29 is 14.7 Å². The van der Waals surface area contributed by atoms with Crippen LogP contribution in [0.1, 0.15) is 52.9 Å². The van der Waals surface area contributed by atoms with E-state index in [1.54, 1.807) is 0 Å². The van der Waals surface area contributed by atoms with Crippen LogP contribution < -0.4 is 0 Å². The second kappa shape index (κ2) is 5.74. The molecule has 0 aromatic rings. The molecule has 1 aliphatic heterocycles. The Labute approximate surface area is 121 Å². The smallest absolute Gasteiger partial charge is 0.311 e. The first-order valence-corrected chi connectivity index (χ1v) is 7.92. The van der Waals surface area contributed by atoms with Crippen LogP contribution in [0.15, 0.2) is 0 Å².